The van der Waals surface area contributed by atoms with Gasteiger partial charge < -0.3 is 5.32 Å². The summed E-state index contributed by atoms with van der Waals surface area (Å²) in [6.45, 7) is 15.2. The van der Waals surface area contributed by atoms with Crippen molar-refractivity contribution in [3.8, 4) is 0 Å². The summed E-state index contributed by atoms with van der Waals surface area (Å²) in [6.07, 6.45) is 5.44. The third-order valence-corrected chi connectivity index (χ3v) is 3.98. The van der Waals surface area contributed by atoms with Crippen molar-refractivity contribution in [2.75, 3.05) is 19.6 Å². The molecule has 0 aromatic heterocycles. The first-order chi connectivity index (χ1) is 7.96. The minimum atomic E-state index is 0.243. The summed E-state index contributed by atoms with van der Waals surface area (Å²) in [5, 5.41) is 3.66. The van der Waals surface area contributed by atoms with Crippen molar-refractivity contribution in [3.05, 3.63) is 0 Å². The molecule has 0 saturated carbocycles. The lowest BCUT2D eigenvalue weighted by Crippen LogP contribution is -2.50. The van der Waals surface area contributed by atoms with E-state index in [1.54, 1.807) is 0 Å². The highest BCUT2D eigenvalue weighted by atomic mass is 15.2. The molecule has 0 amide bonds. The van der Waals surface area contributed by atoms with Gasteiger partial charge in [0.2, 0.25) is 0 Å². The van der Waals surface area contributed by atoms with Crippen molar-refractivity contribution in [2.24, 2.45) is 5.92 Å². The van der Waals surface area contributed by atoms with Crippen LogP contribution >= 0.6 is 0 Å². The molecule has 2 unspecified atom stereocenters. The highest BCUT2D eigenvalue weighted by Gasteiger charge is 2.24. The zero-order valence-corrected chi connectivity index (χ0v) is 12.6. The molecule has 0 aromatic carbocycles. The summed E-state index contributed by atoms with van der Waals surface area (Å²) in [5.41, 5.74) is 0.243. The van der Waals surface area contributed by atoms with Crippen LogP contribution < -0.4 is 5.32 Å². The van der Waals surface area contributed by atoms with Gasteiger partial charge >= 0.3 is 0 Å². The van der Waals surface area contributed by atoms with Crippen molar-refractivity contribution in [2.45, 2.75) is 71.9 Å². The average molecular weight is 240 g/mol. The molecular weight excluding hydrogens is 208 g/mol. The fraction of sp³-hybridized carbons (Fsp3) is 1.00. The van der Waals surface area contributed by atoms with E-state index in [1.165, 1.54) is 38.8 Å². The average Bonchev–Trinajstić information content (AvgIpc) is 2.29. The van der Waals surface area contributed by atoms with Crippen LogP contribution in [0.25, 0.3) is 0 Å². The molecule has 1 aliphatic heterocycles. The monoisotopic (exact) mass is 240 g/mol. The van der Waals surface area contributed by atoms with Crippen LogP contribution in [0.2, 0.25) is 0 Å². The first-order valence-electron chi connectivity index (χ1n) is 7.45. The molecule has 2 heteroatoms. The predicted molar refractivity (Wildman–Crippen MR) is 76.4 cm³/mol. The molecule has 1 aliphatic rings. The van der Waals surface area contributed by atoms with Crippen molar-refractivity contribution < 1.29 is 0 Å². The maximum absolute atomic E-state index is 3.66. The van der Waals surface area contributed by atoms with Gasteiger partial charge in [-0.05, 0) is 52.5 Å². The Morgan fingerprint density at radius 3 is 2.53 bits per heavy atom. The zero-order valence-electron chi connectivity index (χ0n) is 12.6. The van der Waals surface area contributed by atoms with E-state index in [0.29, 0.717) is 0 Å². The van der Waals surface area contributed by atoms with Gasteiger partial charge in [-0.15, -0.1) is 0 Å². The number of nitrogens with one attached hydrogen (secondary N) is 1. The van der Waals surface area contributed by atoms with Gasteiger partial charge in [-0.25, -0.2) is 0 Å². The lowest BCUT2D eigenvalue weighted by molar-refractivity contribution is 0.112. The number of rotatable bonds is 5. The second-order valence-electron chi connectivity index (χ2n) is 6.60. The summed E-state index contributed by atoms with van der Waals surface area (Å²) in [5.74, 6) is 0.937. The lowest BCUT2D eigenvalue weighted by atomic mass is 9.94. The van der Waals surface area contributed by atoms with Crippen LogP contribution in [0.3, 0.4) is 0 Å². The summed E-state index contributed by atoms with van der Waals surface area (Å²) in [6, 6.07) is 0.726. The number of nitrogens with zero attached hydrogens (tertiary/aromatic N) is 1. The van der Waals surface area contributed by atoms with E-state index < -0.39 is 0 Å². The maximum atomic E-state index is 3.66. The van der Waals surface area contributed by atoms with Crippen LogP contribution in [-0.2, 0) is 0 Å². The molecule has 1 fully saturated rings. The van der Waals surface area contributed by atoms with Crippen LogP contribution in [0.5, 0.6) is 0 Å². The van der Waals surface area contributed by atoms with Gasteiger partial charge in [0.05, 0.1) is 0 Å². The first-order valence-corrected chi connectivity index (χ1v) is 7.45. The van der Waals surface area contributed by atoms with E-state index in [0.717, 1.165) is 18.5 Å². The number of likely N-dealkylation sites (tertiary alicyclic amines) is 1. The fourth-order valence-electron chi connectivity index (χ4n) is 2.72. The van der Waals surface area contributed by atoms with Gasteiger partial charge in [-0.3, -0.25) is 4.90 Å². The van der Waals surface area contributed by atoms with Gasteiger partial charge in [0.1, 0.15) is 0 Å². The van der Waals surface area contributed by atoms with Crippen LogP contribution in [0.4, 0.5) is 0 Å². The Morgan fingerprint density at radius 1 is 1.29 bits per heavy atom. The lowest BCUT2D eigenvalue weighted by Gasteiger charge is -2.39. The molecule has 1 N–H and O–H groups in total. The SMILES string of the molecule is CCC1CCCN(C(CC)CNC(C)(C)C)C1. The van der Waals surface area contributed by atoms with Crippen molar-refractivity contribution in [3.63, 3.8) is 0 Å². The Hall–Kier alpha value is -0.0800. The Labute approximate surface area is 108 Å². The van der Waals surface area contributed by atoms with Crippen LogP contribution in [-0.4, -0.2) is 36.1 Å². The molecule has 1 heterocycles. The summed E-state index contributed by atoms with van der Waals surface area (Å²) < 4.78 is 0. The molecule has 102 valence electrons. The Kier molecular flexibility index (Phi) is 5.94. The Morgan fingerprint density at radius 2 is 2.00 bits per heavy atom. The highest BCUT2D eigenvalue weighted by molar-refractivity contribution is 4.82. The number of hydrogen-bond acceptors (Lipinski definition) is 2. The molecule has 1 saturated heterocycles. The van der Waals surface area contributed by atoms with Crippen molar-refractivity contribution in [1.29, 1.82) is 0 Å². The topological polar surface area (TPSA) is 15.3 Å². The minimum absolute atomic E-state index is 0.243. The maximum Gasteiger partial charge on any atom is 0.0218 e. The normalized spacial score (nSPS) is 24.9. The van der Waals surface area contributed by atoms with E-state index in [2.05, 4.69) is 44.8 Å². The van der Waals surface area contributed by atoms with Gasteiger partial charge in [0.25, 0.3) is 0 Å². The van der Waals surface area contributed by atoms with Gasteiger partial charge in [0.15, 0.2) is 0 Å². The van der Waals surface area contributed by atoms with Gasteiger partial charge in [-0.1, -0.05) is 20.3 Å². The summed E-state index contributed by atoms with van der Waals surface area (Å²) in [7, 11) is 0. The van der Waals surface area contributed by atoms with E-state index in [9.17, 15) is 0 Å². The highest BCUT2D eigenvalue weighted by Crippen LogP contribution is 2.21. The van der Waals surface area contributed by atoms with E-state index in [-0.39, 0.29) is 5.54 Å². The largest absolute Gasteiger partial charge is 0.311 e. The second kappa shape index (κ2) is 6.75. The molecule has 0 aromatic rings. The van der Waals surface area contributed by atoms with Crippen LogP contribution in [0.15, 0.2) is 0 Å². The summed E-state index contributed by atoms with van der Waals surface area (Å²) in [4.78, 5) is 2.72. The fourth-order valence-corrected chi connectivity index (χ4v) is 2.72. The quantitative estimate of drug-likeness (QED) is 0.793. The molecule has 2 nitrogen and oxygen atoms in total. The Balaban J connectivity index is 2.43. The molecule has 2 atom stereocenters. The minimum Gasteiger partial charge on any atom is -0.311 e. The molecule has 1 rings (SSSR count). The molecule has 0 bridgehead atoms. The van der Waals surface area contributed by atoms with Crippen LogP contribution in [0, 0.1) is 5.92 Å². The van der Waals surface area contributed by atoms with Crippen LogP contribution in [0.1, 0.15) is 60.3 Å². The molecule has 0 radical (unpaired) electrons. The number of piperidine rings is 1. The third kappa shape index (κ3) is 5.39. The molecular formula is C15H32N2. The van der Waals surface area contributed by atoms with Crippen molar-refractivity contribution in [1.82, 2.24) is 10.2 Å². The summed E-state index contributed by atoms with van der Waals surface area (Å²) >= 11 is 0. The zero-order chi connectivity index (χ0) is 12.9. The van der Waals surface area contributed by atoms with E-state index >= 15 is 0 Å². The van der Waals surface area contributed by atoms with Gasteiger partial charge in [0, 0.05) is 24.7 Å². The number of hydrogen-bond donors (Lipinski definition) is 1. The first kappa shape index (κ1) is 15.0. The molecule has 0 spiro atoms. The van der Waals surface area contributed by atoms with Crippen molar-refractivity contribution >= 4 is 0 Å². The standard InChI is InChI=1S/C15H32N2/c1-6-13-9-8-10-17(12-13)14(7-2)11-16-15(3,4)5/h13-14,16H,6-12H2,1-5H3. The third-order valence-electron chi connectivity index (χ3n) is 3.98. The molecule has 0 aliphatic carbocycles. The van der Waals surface area contributed by atoms with E-state index in [1.807, 2.05) is 0 Å². The van der Waals surface area contributed by atoms with E-state index in [4.69, 9.17) is 0 Å². The predicted octanol–water partition coefficient (Wildman–Crippen LogP) is 3.28. The van der Waals surface area contributed by atoms with Gasteiger partial charge in [-0.2, -0.15) is 0 Å². The molecule has 17 heavy (non-hydrogen) atoms. The smallest absolute Gasteiger partial charge is 0.0218 e. The second-order valence-corrected chi connectivity index (χ2v) is 6.60. The Bertz CT molecular complexity index is 207.